The van der Waals surface area contributed by atoms with Crippen molar-refractivity contribution in [3.8, 4) is 0 Å². The monoisotopic (exact) mass is 164 g/mol. The van der Waals surface area contributed by atoms with Crippen LogP contribution in [-0.4, -0.2) is 0 Å². The van der Waals surface area contributed by atoms with E-state index in [1.165, 1.54) is 12.3 Å². The lowest BCUT2D eigenvalue weighted by Gasteiger charge is -2.38. The van der Waals surface area contributed by atoms with E-state index < -0.39 is 0 Å². The zero-order chi connectivity index (χ0) is 8.18. The van der Waals surface area contributed by atoms with Crippen LogP contribution < -0.4 is 0 Å². The maximum Gasteiger partial charge on any atom is -0.0241 e. The number of fused-ring (bicyclic) bond motifs is 5. The van der Waals surface area contributed by atoms with Gasteiger partial charge >= 0.3 is 0 Å². The van der Waals surface area contributed by atoms with Crippen molar-refractivity contribution in [1.82, 2.24) is 0 Å². The highest BCUT2D eigenvalue weighted by molar-refractivity contribution is 5.07. The molecule has 12 heavy (non-hydrogen) atoms. The minimum atomic E-state index is 0.864. The van der Waals surface area contributed by atoms with Crippen molar-refractivity contribution in [3.63, 3.8) is 0 Å². The molecule has 0 heterocycles. The predicted octanol–water partition coefficient (Wildman–Crippen LogP) is 3.61. The number of rotatable bonds is 1. The average Bonchev–Trinajstić information content (AvgIpc) is 2.76. The van der Waals surface area contributed by atoms with Crippen molar-refractivity contribution in [1.29, 1.82) is 0 Å². The lowest BCUT2D eigenvalue weighted by atomic mass is 9.66. The first kappa shape index (κ1) is 7.41. The summed E-state index contributed by atoms with van der Waals surface area (Å²) in [6.07, 6.45) is 11.0. The molecule has 0 aromatic heterocycles. The van der Waals surface area contributed by atoms with Gasteiger partial charge in [0.05, 0.1) is 0 Å². The van der Waals surface area contributed by atoms with Crippen LogP contribution in [-0.2, 0) is 0 Å². The molecule has 0 aromatic rings. The zero-order valence-electron chi connectivity index (χ0n) is 8.18. The smallest absolute Gasteiger partial charge is 0.0241 e. The predicted molar refractivity (Wildman–Crippen MR) is 50.9 cm³/mol. The topological polar surface area (TPSA) is 0 Å². The van der Waals surface area contributed by atoms with Gasteiger partial charge in [0.1, 0.15) is 0 Å². The first-order valence-corrected chi connectivity index (χ1v) is 5.87. The molecule has 3 rings (SSSR count). The number of hydrogen-bond donors (Lipinski definition) is 0. The Balaban J connectivity index is 1.98. The van der Waals surface area contributed by atoms with Crippen LogP contribution in [0.25, 0.3) is 0 Å². The Morgan fingerprint density at radius 3 is 2.92 bits per heavy atom. The van der Waals surface area contributed by atoms with Crippen molar-refractivity contribution in [3.05, 3.63) is 0 Å². The summed E-state index contributed by atoms with van der Waals surface area (Å²) in [6.45, 7) is 2.44. The molecular weight excluding hydrogens is 144 g/mol. The summed E-state index contributed by atoms with van der Waals surface area (Å²) in [5.41, 5.74) is 0.864. The van der Waals surface area contributed by atoms with Gasteiger partial charge in [0.2, 0.25) is 0 Å². The van der Waals surface area contributed by atoms with Crippen LogP contribution in [0.15, 0.2) is 0 Å². The van der Waals surface area contributed by atoms with Gasteiger partial charge in [-0.2, -0.15) is 0 Å². The van der Waals surface area contributed by atoms with E-state index in [4.69, 9.17) is 0 Å². The van der Waals surface area contributed by atoms with Crippen LogP contribution >= 0.6 is 0 Å². The summed E-state index contributed by atoms with van der Waals surface area (Å²) in [7, 11) is 0. The molecule has 0 spiro atoms. The SMILES string of the molecule is CC[C@]12CCCC1C1CCC2C1. The molecule has 0 aliphatic heterocycles. The molecule has 0 radical (unpaired) electrons. The molecule has 2 bridgehead atoms. The molecule has 0 saturated heterocycles. The second-order valence-corrected chi connectivity index (χ2v) is 5.36. The third-order valence-corrected chi connectivity index (χ3v) is 5.41. The van der Waals surface area contributed by atoms with Crippen LogP contribution in [0.1, 0.15) is 51.9 Å². The number of hydrogen-bond acceptors (Lipinski definition) is 0. The van der Waals surface area contributed by atoms with Crippen molar-refractivity contribution in [2.75, 3.05) is 0 Å². The van der Waals surface area contributed by atoms with E-state index in [9.17, 15) is 0 Å². The Labute approximate surface area is 75.7 Å². The quantitative estimate of drug-likeness (QED) is 0.555. The highest BCUT2D eigenvalue weighted by Crippen LogP contribution is 2.67. The molecule has 3 aliphatic rings. The first-order chi connectivity index (χ1) is 5.87. The third-order valence-electron chi connectivity index (χ3n) is 5.41. The Hall–Kier alpha value is 0. The lowest BCUT2D eigenvalue weighted by molar-refractivity contribution is 0.106. The van der Waals surface area contributed by atoms with E-state index in [0.29, 0.717) is 0 Å². The van der Waals surface area contributed by atoms with Gasteiger partial charge in [-0.3, -0.25) is 0 Å². The van der Waals surface area contributed by atoms with Gasteiger partial charge in [0, 0.05) is 0 Å². The van der Waals surface area contributed by atoms with Crippen molar-refractivity contribution >= 4 is 0 Å². The van der Waals surface area contributed by atoms with Gasteiger partial charge in [0.15, 0.2) is 0 Å². The second-order valence-electron chi connectivity index (χ2n) is 5.36. The zero-order valence-corrected chi connectivity index (χ0v) is 8.18. The van der Waals surface area contributed by atoms with E-state index >= 15 is 0 Å². The Kier molecular flexibility index (Phi) is 1.40. The Bertz CT molecular complexity index is 196. The van der Waals surface area contributed by atoms with Crippen LogP contribution in [0.3, 0.4) is 0 Å². The fraction of sp³-hybridized carbons (Fsp3) is 1.00. The van der Waals surface area contributed by atoms with Crippen LogP contribution in [0.2, 0.25) is 0 Å². The van der Waals surface area contributed by atoms with Gasteiger partial charge in [-0.1, -0.05) is 13.3 Å². The standard InChI is InChI=1S/C12H20/c1-2-12-7-3-4-11(12)9-5-6-10(12)8-9/h9-11H,2-8H2,1H3/t9?,10?,11?,12-/m1/s1. The summed E-state index contributed by atoms with van der Waals surface area (Å²) < 4.78 is 0. The molecule has 0 nitrogen and oxygen atoms in total. The second kappa shape index (κ2) is 2.27. The molecule has 0 N–H and O–H groups in total. The van der Waals surface area contributed by atoms with Gasteiger partial charge in [-0.25, -0.2) is 0 Å². The third kappa shape index (κ3) is 0.661. The summed E-state index contributed by atoms with van der Waals surface area (Å²) >= 11 is 0. The summed E-state index contributed by atoms with van der Waals surface area (Å²) in [5.74, 6) is 3.48. The molecule has 68 valence electrons. The molecule has 0 amide bonds. The van der Waals surface area contributed by atoms with Gasteiger partial charge in [-0.05, 0) is 61.7 Å². The Morgan fingerprint density at radius 1 is 1.25 bits per heavy atom. The minimum absolute atomic E-state index is 0.864. The van der Waals surface area contributed by atoms with E-state index in [-0.39, 0.29) is 0 Å². The maximum absolute atomic E-state index is 2.44. The summed E-state index contributed by atoms with van der Waals surface area (Å²) in [5, 5.41) is 0. The first-order valence-electron chi connectivity index (χ1n) is 5.87. The molecular formula is C12H20. The van der Waals surface area contributed by atoms with E-state index in [2.05, 4.69) is 6.92 Å². The van der Waals surface area contributed by atoms with E-state index in [1.807, 2.05) is 0 Å². The fourth-order valence-corrected chi connectivity index (χ4v) is 4.97. The summed E-state index contributed by atoms with van der Waals surface area (Å²) in [6, 6.07) is 0. The fourth-order valence-electron chi connectivity index (χ4n) is 4.97. The molecule has 3 fully saturated rings. The van der Waals surface area contributed by atoms with Crippen LogP contribution in [0.5, 0.6) is 0 Å². The molecule has 0 heteroatoms. The summed E-state index contributed by atoms with van der Waals surface area (Å²) in [4.78, 5) is 0. The Morgan fingerprint density at radius 2 is 2.17 bits per heavy atom. The normalized spacial score (nSPS) is 56.2. The molecule has 4 atom stereocenters. The highest BCUT2D eigenvalue weighted by atomic mass is 14.6. The van der Waals surface area contributed by atoms with E-state index in [0.717, 1.165) is 17.3 Å². The van der Waals surface area contributed by atoms with Gasteiger partial charge < -0.3 is 0 Å². The highest BCUT2D eigenvalue weighted by Gasteiger charge is 2.58. The van der Waals surface area contributed by atoms with Crippen molar-refractivity contribution in [2.45, 2.75) is 51.9 Å². The molecule has 3 aliphatic carbocycles. The van der Waals surface area contributed by atoms with Gasteiger partial charge in [-0.15, -0.1) is 0 Å². The van der Waals surface area contributed by atoms with E-state index in [1.54, 1.807) is 38.5 Å². The van der Waals surface area contributed by atoms with Gasteiger partial charge in [0.25, 0.3) is 0 Å². The minimum Gasteiger partial charge on any atom is -0.0648 e. The molecule has 3 unspecified atom stereocenters. The van der Waals surface area contributed by atoms with Crippen molar-refractivity contribution in [2.24, 2.45) is 23.2 Å². The molecule has 3 saturated carbocycles. The average molecular weight is 164 g/mol. The lowest BCUT2D eigenvalue weighted by Crippen LogP contribution is -2.31. The molecule has 0 aromatic carbocycles. The van der Waals surface area contributed by atoms with Crippen LogP contribution in [0.4, 0.5) is 0 Å². The van der Waals surface area contributed by atoms with Crippen molar-refractivity contribution < 1.29 is 0 Å². The maximum atomic E-state index is 2.44. The largest absolute Gasteiger partial charge is 0.0648 e. The van der Waals surface area contributed by atoms with Crippen LogP contribution in [0, 0.1) is 23.2 Å².